The fourth-order valence-electron chi connectivity index (χ4n) is 1.39. The zero-order valence-corrected chi connectivity index (χ0v) is 13.0. The monoisotopic (exact) mass is 387 g/mol. The zero-order valence-electron chi connectivity index (χ0n) is 9.86. The molecule has 1 aromatic heterocycles. The molecule has 0 saturated carbocycles. The minimum Gasteiger partial charge on any atom is -0.483 e. The van der Waals surface area contributed by atoms with Crippen molar-refractivity contribution in [3.63, 3.8) is 0 Å². The molecule has 4 nitrogen and oxygen atoms in total. The molecule has 1 aromatic carbocycles. The van der Waals surface area contributed by atoms with Gasteiger partial charge in [0.15, 0.2) is 6.61 Å². The first kappa shape index (κ1) is 14.1. The number of amides is 1. The number of rotatable bonds is 5. The lowest BCUT2D eigenvalue weighted by Crippen LogP contribution is -2.28. The van der Waals surface area contributed by atoms with E-state index in [1.807, 2.05) is 12.1 Å². The molecule has 100 valence electrons. The van der Waals surface area contributed by atoms with Gasteiger partial charge in [-0.25, -0.2) is 0 Å². The molecule has 19 heavy (non-hydrogen) atoms. The van der Waals surface area contributed by atoms with Crippen molar-refractivity contribution >= 4 is 37.8 Å². The van der Waals surface area contributed by atoms with Gasteiger partial charge in [-0.2, -0.15) is 0 Å². The van der Waals surface area contributed by atoms with E-state index in [9.17, 15) is 4.79 Å². The van der Waals surface area contributed by atoms with Crippen molar-refractivity contribution in [2.75, 3.05) is 6.61 Å². The molecule has 0 aliphatic heterocycles. The van der Waals surface area contributed by atoms with Crippen LogP contribution in [0.1, 0.15) is 5.76 Å². The van der Waals surface area contributed by atoms with Crippen LogP contribution in [0.15, 0.2) is 50.0 Å². The molecule has 2 aromatic rings. The lowest BCUT2D eigenvalue weighted by Gasteiger charge is -2.08. The number of halogens is 2. The smallest absolute Gasteiger partial charge is 0.258 e. The standard InChI is InChI=1S/C13H11Br2NO3/c14-9-3-4-12(11(15)6-9)19-8-13(17)16-7-10-2-1-5-18-10/h1-6H,7-8H2,(H,16,17). The number of carbonyl (C=O) groups is 1. The van der Waals surface area contributed by atoms with E-state index >= 15 is 0 Å². The molecule has 0 atom stereocenters. The van der Waals surface area contributed by atoms with Gasteiger partial charge in [0, 0.05) is 4.47 Å². The molecular formula is C13H11Br2NO3. The molecule has 0 aliphatic carbocycles. The molecule has 6 heteroatoms. The van der Waals surface area contributed by atoms with Crippen LogP contribution in [0.5, 0.6) is 5.75 Å². The van der Waals surface area contributed by atoms with E-state index in [0.29, 0.717) is 18.1 Å². The van der Waals surface area contributed by atoms with Gasteiger partial charge in [0.1, 0.15) is 11.5 Å². The highest BCUT2D eigenvalue weighted by Crippen LogP contribution is 2.27. The normalized spacial score (nSPS) is 10.2. The summed E-state index contributed by atoms with van der Waals surface area (Å²) in [6.07, 6.45) is 1.57. The molecule has 0 saturated heterocycles. The highest BCUT2D eigenvalue weighted by molar-refractivity contribution is 9.11. The second kappa shape index (κ2) is 6.77. The van der Waals surface area contributed by atoms with Crippen LogP contribution in [0.3, 0.4) is 0 Å². The van der Waals surface area contributed by atoms with E-state index < -0.39 is 0 Å². The van der Waals surface area contributed by atoms with E-state index in [1.54, 1.807) is 24.5 Å². The van der Waals surface area contributed by atoms with Gasteiger partial charge in [-0.05, 0) is 46.3 Å². The maximum Gasteiger partial charge on any atom is 0.258 e. The van der Waals surface area contributed by atoms with Crippen LogP contribution >= 0.6 is 31.9 Å². The molecule has 0 spiro atoms. The quantitative estimate of drug-likeness (QED) is 0.852. The van der Waals surface area contributed by atoms with Crippen LogP contribution in [0.4, 0.5) is 0 Å². The molecule has 0 aliphatic rings. The van der Waals surface area contributed by atoms with Crippen molar-refractivity contribution in [2.45, 2.75) is 6.54 Å². The van der Waals surface area contributed by atoms with Gasteiger partial charge in [0.05, 0.1) is 17.3 Å². The van der Waals surface area contributed by atoms with Crippen LogP contribution in [-0.4, -0.2) is 12.5 Å². The zero-order chi connectivity index (χ0) is 13.7. The van der Waals surface area contributed by atoms with Gasteiger partial charge in [-0.3, -0.25) is 4.79 Å². The first-order chi connectivity index (χ1) is 9.15. The Morgan fingerprint density at radius 3 is 2.84 bits per heavy atom. The minimum absolute atomic E-state index is 0.0407. The third-order valence-electron chi connectivity index (χ3n) is 2.29. The third-order valence-corrected chi connectivity index (χ3v) is 3.41. The molecule has 2 rings (SSSR count). The summed E-state index contributed by atoms with van der Waals surface area (Å²) >= 11 is 6.71. The Kier molecular flexibility index (Phi) is 5.04. The van der Waals surface area contributed by atoms with Gasteiger partial charge < -0.3 is 14.5 Å². The van der Waals surface area contributed by atoms with Gasteiger partial charge >= 0.3 is 0 Å². The molecular weight excluding hydrogens is 378 g/mol. The summed E-state index contributed by atoms with van der Waals surface area (Å²) in [6.45, 7) is 0.317. The van der Waals surface area contributed by atoms with Crippen molar-refractivity contribution in [1.29, 1.82) is 0 Å². The molecule has 1 amide bonds. The van der Waals surface area contributed by atoms with Crippen molar-refractivity contribution in [3.8, 4) is 5.75 Å². The Morgan fingerprint density at radius 2 is 2.16 bits per heavy atom. The van der Waals surface area contributed by atoms with Gasteiger partial charge in [0.2, 0.25) is 0 Å². The highest BCUT2D eigenvalue weighted by Gasteiger charge is 2.06. The second-order valence-corrected chi connectivity index (χ2v) is 5.49. The number of hydrogen-bond acceptors (Lipinski definition) is 3. The highest BCUT2D eigenvalue weighted by atomic mass is 79.9. The number of ether oxygens (including phenoxy) is 1. The Balaban J connectivity index is 1.80. The Morgan fingerprint density at radius 1 is 1.32 bits per heavy atom. The van der Waals surface area contributed by atoms with Crippen molar-refractivity contribution in [1.82, 2.24) is 5.32 Å². The molecule has 1 N–H and O–H groups in total. The van der Waals surface area contributed by atoms with Crippen molar-refractivity contribution < 1.29 is 13.9 Å². The van der Waals surface area contributed by atoms with E-state index in [4.69, 9.17) is 9.15 Å². The largest absolute Gasteiger partial charge is 0.483 e. The average Bonchev–Trinajstić information content (AvgIpc) is 2.88. The summed E-state index contributed by atoms with van der Waals surface area (Å²) in [5.74, 6) is 1.13. The lowest BCUT2D eigenvalue weighted by atomic mass is 10.3. The lowest BCUT2D eigenvalue weighted by molar-refractivity contribution is -0.123. The number of benzene rings is 1. The van der Waals surface area contributed by atoms with Gasteiger partial charge in [-0.15, -0.1) is 0 Å². The Hall–Kier alpha value is -1.27. The van der Waals surface area contributed by atoms with Crippen LogP contribution in [-0.2, 0) is 11.3 Å². The van der Waals surface area contributed by atoms with Gasteiger partial charge in [0.25, 0.3) is 5.91 Å². The summed E-state index contributed by atoms with van der Waals surface area (Å²) in [4.78, 5) is 11.6. The van der Waals surface area contributed by atoms with E-state index in [-0.39, 0.29) is 12.5 Å². The summed E-state index contributed by atoms with van der Waals surface area (Å²) < 4.78 is 12.3. The van der Waals surface area contributed by atoms with Crippen LogP contribution in [0.2, 0.25) is 0 Å². The summed E-state index contributed by atoms with van der Waals surface area (Å²) in [7, 11) is 0. The van der Waals surface area contributed by atoms with Crippen LogP contribution in [0.25, 0.3) is 0 Å². The number of nitrogens with one attached hydrogen (secondary N) is 1. The predicted molar refractivity (Wildman–Crippen MR) is 77.9 cm³/mol. The van der Waals surface area contributed by atoms with Crippen molar-refractivity contribution in [2.24, 2.45) is 0 Å². The van der Waals surface area contributed by atoms with Gasteiger partial charge in [-0.1, -0.05) is 15.9 Å². The number of carbonyl (C=O) groups excluding carboxylic acids is 1. The van der Waals surface area contributed by atoms with E-state index in [1.165, 1.54) is 0 Å². The molecule has 0 fully saturated rings. The SMILES string of the molecule is O=C(COc1ccc(Br)cc1Br)NCc1ccco1. The molecule has 1 heterocycles. The minimum atomic E-state index is -0.203. The first-order valence-corrected chi connectivity index (χ1v) is 7.10. The first-order valence-electron chi connectivity index (χ1n) is 5.52. The summed E-state index contributed by atoms with van der Waals surface area (Å²) in [5, 5.41) is 2.70. The van der Waals surface area contributed by atoms with Crippen molar-refractivity contribution in [3.05, 3.63) is 51.3 Å². The topological polar surface area (TPSA) is 51.5 Å². The fraction of sp³-hybridized carbons (Fsp3) is 0.154. The molecule has 0 radical (unpaired) electrons. The maximum absolute atomic E-state index is 11.6. The number of furan rings is 1. The molecule has 0 unspecified atom stereocenters. The summed E-state index contributed by atoms with van der Waals surface area (Å²) in [6, 6.07) is 9.06. The fourth-order valence-corrected chi connectivity index (χ4v) is 2.55. The third kappa shape index (κ3) is 4.40. The Bertz CT molecular complexity index is 555. The predicted octanol–water partition coefficient (Wildman–Crippen LogP) is 3.50. The van der Waals surface area contributed by atoms with Crippen LogP contribution in [0, 0.1) is 0 Å². The van der Waals surface area contributed by atoms with E-state index in [2.05, 4.69) is 37.2 Å². The summed E-state index contributed by atoms with van der Waals surface area (Å²) in [5.41, 5.74) is 0. The Labute approximate surface area is 127 Å². The van der Waals surface area contributed by atoms with Crippen LogP contribution < -0.4 is 10.1 Å². The second-order valence-electron chi connectivity index (χ2n) is 3.72. The average molecular weight is 389 g/mol. The molecule has 0 bridgehead atoms. The maximum atomic E-state index is 11.6. The van der Waals surface area contributed by atoms with E-state index in [0.717, 1.165) is 8.95 Å². The number of hydrogen-bond donors (Lipinski definition) is 1.